The monoisotopic (exact) mass is 503 g/mol. The molecule has 7 nitrogen and oxygen atoms in total. The molecule has 1 atom stereocenters. The third-order valence-corrected chi connectivity index (χ3v) is 7.04. The van der Waals surface area contributed by atoms with E-state index in [-0.39, 0.29) is 6.04 Å². The Hall–Kier alpha value is -4.65. The maximum absolute atomic E-state index is 6.10. The topological polar surface area (TPSA) is 89.8 Å². The van der Waals surface area contributed by atoms with E-state index in [1.54, 1.807) is 7.05 Å². The van der Waals surface area contributed by atoms with Crippen molar-refractivity contribution in [2.75, 3.05) is 13.6 Å². The fourth-order valence-electron chi connectivity index (χ4n) is 4.96. The van der Waals surface area contributed by atoms with Gasteiger partial charge in [-0.3, -0.25) is 4.99 Å². The first-order chi connectivity index (χ1) is 18.7. The molecule has 0 saturated carbocycles. The molecule has 1 aromatic heterocycles. The summed E-state index contributed by atoms with van der Waals surface area (Å²) in [5.74, 6) is 2.47. The molecule has 4 aromatic carbocycles. The van der Waals surface area contributed by atoms with Crippen LogP contribution in [0.15, 0.2) is 101 Å². The largest absolute Gasteiger partial charge is 0.489 e. The van der Waals surface area contributed by atoms with E-state index < -0.39 is 0 Å². The van der Waals surface area contributed by atoms with Gasteiger partial charge in [0, 0.05) is 19.2 Å². The Bertz CT molecular complexity index is 1580. The zero-order chi connectivity index (χ0) is 25.9. The number of likely N-dealkylation sites (tertiary alicyclic amines) is 1. The molecule has 0 radical (unpaired) electrons. The number of nitrogens with two attached hydrogens (primary N) is 1. The lowest BCUT2D eigenvalue weighted by molar-refractivity contribution is 0.284. The molecule has 2 N–H and O–H groups in total. The highest BCUT2D eigenvalue weighted by molar-refractivity contribution is 5.87. The number of ether oxygens (including phenoxy) is 1. The molecule has 1 fully saturated rings. The number of hydrogen-bond donors (Lipinski definition) is 1. The minimum atomic E-state index is -0.0327. The van der Waals surface area contributed by atoms with Gasteiger partial charge in [-0.05, 0) is 58.5 Å². The first-order valence-corrected chi connectivity index (χ1v) is 12.8. The van der Waals surface area contributed by atoms with Gasteiger partial charge in [-0.15, -0.1) is 0 Å². The predicted molar refractivity (Wildman–Crippen MR) is 150 cm³/mol. The van der Waals surface area contributed by atoms with E-state index in [1.807, 2.05) is 23.1 Å². The Morgan fingerprint density at radius 3 is 2.50 bits per heavy atom. The molecule has 5 aromatic rings. The Labute approximate surface area is 221 Å². The molecule has 6 rings (SSSR count). The van der Waals surface area contributed by atoms with Crippen LogP contribution in [0.5, 0.6) is 5.75 Å². The van der Waals surface area contributed by atoms with Crippen LogP contribution in [0.25, 0.3) is 33.3 Å². The first-order valence-electron chi connectivity index (χ1n) is 12.8. The van der Waals surface area contributed by atoms with Crippen LogP contribution in [0.1, 0.15) is 30.3 Å². The molecule has 1 saturated heterocycles. The maximum Gasteiger partial charge on any atom is 0.249 e. The molecule has 1 aliphatic heterocycles. The van der Waals surface area contributed by atoms with Crippen molar-refractivity contribution in [3.63, 3.8) is 0 Å². The summed E-state index contributed by atoms with van der Waals surface area (Å²) in [6, 6.07) is 31.1. The van der Waals surface area contributed by atoms with Crippen molar-refractivity contribution in [1.29, 1.82) is 0 Å². The van der Waals surface area contributed by atoms with Crippen molar-refractivity contribution in [2.45, 2.75) is 25.5 Å². The van der Waals surface area contributed by atoms with Crippen molar-refractivity contribution in [1.82, 2.24) is 15.0 Å². The van der Waals surface area contributed by atoms with Crippen molar-refractivity contribution in [3.8, 4) is 28.3 Å². The van der Waals surface area contributed by atoms with Crippen LogP contribution in [0.4, 0.5) is 0 Å². The molecule has 1 aliphatic rings. The van der Waals surface area contributed by atoms with Crippen molar-refractivity contribution in [3.05, 3.63) is 102 Å². The van der Waals surface area contributed by atoms with Crippen molar-refractivity contribution < 1.29 is 9.26 Å². The van der Waals surface area contributed by atoms with E-state index in [9.17, 15) is 0 Å². The Morgan fingerprint density at radius 1 is 0.947 bits per heavy atom. The average molecular weight is 504 g/mol. The second-order valence-corrected chi connectivity index (χ2v) is 9.46. The zero-order valence-electron chi connectivity index (χ0n) is 21.2. The van der Waals surface area contributed by atoms with Gasteiger partial charge in [0.25, 0.3) is 0 Å². The Morgan fingerprint density at radius 2 is 1.68 bits per heavy atom. The lowest BCUT2D eigenvalue weighted by Crippen LogP contribution is -2.36. The van der Waals surface area contributed by atoms with E-state index in [0.29, 0.717) is 24.3 Å². The normalized spacial score (nSPS) is 15.8. The predicted octanol–water partition coefficient (Wildman–Crippen LogP) is 6.22. The summed E-state index contributed by atoms with van der Waals surface area (Å²) in [5.41, 5.74) is 10.5. The smallest absolute Gasteiger partial charge is 0.249 e. The van der Waals surface area contributed by atoms with Crippen LogP contribution in [-0.4, -0.2) is 34.6 Å². The van der Waals surface area contributed by atoms with E-state index >= 15 is 0 Å². The van der Waals surface area contributed by atoms with Gasteiger partial charge in [-0.25, -0.2) is 0 Å². The molecule has 190 valence electrons. The molecule has 38 heavy (non-hydrogen) atoms. The molecule has 0 bridgehead atoms. The fourth-order valence-corrected chi connectivity index (χ4v) is 4.96. The van der Waals surface area contributed by atoms with Crippen molar-refractivity contribution in [2.24, 2.45) is 10.7 Å². The molecule has 0 aliphatic carbocycles. The number of guanidine groups is 1. The summed E-state index contributed by atoms with van der Waals surface area (Å²) in [6.07, 6.45) is 1.92. The average Bonchev–Trinajstić information content (AvgIpc) is 3.66. The van der Waals surface area contributed by atoms with Gasteiger partial charge in [0.05, 0.1) is 0 Å². The Balaban J connectivity index is 1.14. The van der Waals surface area contributed by atoms with Crippen molar-refractivity contribution >= 4 is 16.7 Å². The molecular weight excluding hydrogens is 474 g/mol. The summed E-state index contributed by atoms with van der Waals surface area (Å²) in [6.45, 7) is 1.35. The fraction of sp³-hybridized carbons (Fsp3) is 0.194. The van der Waals surface area contributed by atoms with Gasteiger partial charge in [-0.2, -0.15) is 4.98 Å². The van der Waals surface area contributed by atoms with Crippen LogP contribution < -0.4 is 10.5 Å². The van der Waals surface area contributed by atoms with E-state index in [2.05, 4.69) is 87.9 Å². The highest BCUT2D eigenvalue weighted by Gasteiger charge is 2.32. The second kappa shape index (κ2) is 10.4. The number of benzene rings is 4. The van der Waals surface area contributed by atoms with E-state index in [0.717, 1.165) is 47.0 Å². The van der Waals surface area contributed by atoms with Crippen LogP contribution in [0.3, 0.4) is 0 Å². The van der Waals surface area contributed by atoms with Crippen LogP contribution in [0, 0.1) is 0 Å². The van der Waals surface area contributed by atoms with Gasteiger partial charge in [0.2, 0.25) is 11.7 Å². The third-order valence-electron chi connectivity index (χ3n) is 7.04. The standard InChI is InChI=1S/C31H29N5O2/c1-33-31(32)36-17-5-8-28(36)30-34-29(35-38-30)26-14-13-25-19-27(16-15-24(25)18-26)37-20-21-9-11-23(12-10-21)22-6-3-2-4-7-22/h2-4,6-7,9-16,18-19,28H,5,8,17,20H2,1H3,(H2,32,33)/t28-/m0/s1. The lowest BCUT2D eigenvalue weighted by atomic mass is 10.0. The number of hydrogen-bond acceptors (Lipinski definition) is 5. The van der Waals surface area contributed by atoms with Crippen LogP contribution >= 0.6 is 0 Å². The Kier molecular flexibility index (Phi) is 6.48. The highest BCUT2D eigenvalue weighted by atomic mass is 16.5. The lowest BCUT2D eigenvalue weighted by Gasteiger charge is -2.22. The highest BCUT2D eigenvalue weighted by Crippen LogP contribution is 2.32. The van der Waals surface area contributed by atoms with E-state index in [1.165, 1.54) is 11.1 Å². The number of fused-ring (bicyclic) bond motifs is 1. The molecule has 0 spiro atoms. The van der Waals surface area contributed by atoms with Crippen LogP contribution in [-0.2, 0) is 6.61 Å². The van der Waals surface area contributed by atoms with E-state index in [4.69, 9.17) is 15.0 Å². The number of aromatic nitrogens is 2. The number of aliphatic imine (C=N–C) groups is 1. The van der Waals surface area contributed by atoms with Gasteiger partial charge < -0.3 is 19.9 Å². The molecule has 0 unspecified atom stereocenters. The first kappa shape index (κ1) is 23.7. The van der Waals surface area contributed by atoms with Gasteiger partial charge in [-0.1, -0.05) is 78.0 Å². The maximum atomic E-state index is 6.10. The quantitative estimate of drug-likeness (QED) is 0.219. The van der Waals surface area contributed by atoms with Crippen LogP contribution in [0.2, 0.25) is 0 Å². The number of nitrogens with zero attached hydrogens (tertiary/aromatic N) is 4. The molecule has 2 heterocycles. The number of rotatable bonds is 6. The minimum Gasteiger partial charge on any atom is -0.489 e. The summed E-state index contributed by atoms with van der Waals surface area (Å²) in [5, 5.41) is 6.41. The summed E-state index contributed by atoms with van der Waals surface area (Å²) in [4.78, 5) is 10.8. The summed E-state index contributed by atoms with van der Waals surface area (Å²) >= 11 is 0. The third kappa shape index (κ3) is 4.83. The SMILES string of the molecule is CN=C(N)N1CCC[C@H]1c1nc(-c2ccc3cc(OCc4ccc(-c5ccccc5)cc4)ccc3c2)no1. The summed E-state index contributed by atoms with van der Waals surface area (Å²) < 4.78 is 11.7. The molecule has 7 heteroatoms. The second-order valence-electron chi connectivity index (χ2n) is 9.46. The molecular formula is C31H29N5O2. The van der Waals surface area contributed by atoms with Gasteiger partial charge >= 0.3 is 0 Å². The summed E-state index contributed by atoms with van der Waals surface area (Å²) in [7, 11) is 1.69. The zero-order valence-corrected chi connectivity index (χ0v) is 21.2. The van der Waals surface area contributed by atoms with Gasteiger partial charge in [0.15, 0.2) is 5.96 Å². The van der Waals surface area contributed by atoms with Gasteiger partial charge in [0.1, 0.15) is 18.4 Å². The minimum absolute atomic E-state index is 0.0327. The molecule has 0 amide bonds.